The number of hydrogen-bond acceptors (Lipinski definition) is 4. The first kappa shape index (κ1) is 21.0. The summed E-state index contributed by atoms with van der Waals surface area (Å²) in [4.78, 5) is 29.8. The molecule has 144 valence electrons. The molecule has 1 heterocycles. The van der Waals surface area contributed by atoms with Crippen molar-refractivity contribution in [1.82, 2.24) is 15.6 Å². The lowest BCUT2D eigenvalue weighted by atomic mass is 10.2. The third-order valence-electron chi connectivity index (χ3n) is 4.21. The molecule has 27 heavy (non-hydrogen) atoms. The molecule has 0 spiro atoms. The van der Waals surface area contributed by atoms with Gasteiger partial charge in [-0.25, -0.2) is 4.98 Å². The van der Waals surface area contributed by atoms with Crippen LogP contribution in [0.2, 0.25) is 0 Å². The molecule has 5 nitrogen and oxygen atoms in total. The Balaban J connectivity index is 2.00. The average Bonchev–Trinajstić information content (AvgIpc) is 2.64. The number of carbonyl (C=O) groups is 2. The summed E-state index contributed by atoms with van der Waals surface area (Å²) in [6.45, 7) is 8.38. The quantitative estimate of drug-likeness (QED) is 0.723. The number of aryl methyl sites for hydroxylation is 2. The normalized spacial score (nSPS) is 11.7. The highest BCUT2D eigenvalue weighted by Crippen LogP contribution is 2.31. The smallest absolute Gasteiger partial charge is 0.254 e. The molecule has 0 radical (unpaired) electrons. The van der Waals surface area contributed by atoms with Crippen LogP contribution in [0.3, 0.4) is 0 Å². The second-order valence-corrected chi connectivity index (χ2v) is 7.64. The molecule has 1 aromatic carbocycles. The summed E-state index contributed by atoms with van der Waals surface area (Å²) in [7, 11) is 0. The van der Waals surface area contributed by atoms with Crippen molar-refractivity contribution in [3.63, 3.8) is 0 Å². The number of nitrogens with one attached hydrogen (secondary N) is 2. The van der Waals surface area contributed by atoms with Crippen molar-refractivity contribution in [3.8, 4) is 0 Å². The van der Waals surface area contributed by atoms with Gasteiger partial charge in [-0.15, -0.1) is 0 Å². The third-order valence-corrected chi connectivity index (χ3v) is 5.41. The van der Waals surface area contributed by atoms with Crippen LogP contribution in [0.25, 0.3) is 0 Å². The number of carbonyl (C=O) groups excluding carboxylic acids is 2. The Morgan fingerprint density at radius 1 is 1.22 bits per heavy atom. The van der Waals surface area contributed by atoms with E-state index in [2.05, 4.69) is 28.6 Å². The first-order valence-corrected chi connectivity index (χ1v) is 10.00. The van der Waals surface area contributed by atoms with Gasteiger partial charge in [-0.05, 0) is 51.0 Å². The maximum atomic E-state index is 12.6. The van der Waals surface area contributed by atoms with Gasteiger partial charge in [0.1, 0.15) is 5.03 Å². The van der Waals surface area contributed by atoms with E-state index in [1.54, 1.807) is 18.3 Å². The monoisotopic (exact) mass is 385 g/mol. The Kier molecular flexibility index (Phi) is 7.85. The van der Waals surface area contributed by atoms with Crippen LogP contribution < -0.4 is 10.6 Å². The molecule has 6 heteroatoms. The van der Waals surface area contributed by atoms with Crippen LogP contribution >= 0.6 is 11.8 Å². The van der Waals surface area contributed by atoms with Gasteiger partial charge in [0.15, 0.2) is 0 Å². The number of nitrogens with zero attached hydrogens (tertiary/aromatic N) is 1. The summed E-state index contributed by atoms with van der Waals surface area (Å²) in [5, 5.41) is 6.37. The Labute approximate surface area is 165 Å². The molecule has 0 fully saturated rings. The van der Waals surface area contributed by atoms with Crippen molar-refractivity contribution in [2.75, 3.05) is 6.54 Å². The van der Waals surface area contributed by atoms with Crippen LogP contribution in [-0.2, 0) is 4.79 Å². The van der Waals surface area contributed by atoms with Crippen LogP contribution in [0.1, 0.15) is 48.2 Å². The molecule has 0 aliphatic carbocycles. The van der Waals surface area contributed by atoms with Crippen molar-refractivity contribution in [2.45, 2.75) is 56.5 Å². The van der Waals surface area contributed by atoms with Gasteiger partial charge in [-0.2, -0.15) is 0 Å². The maximum absolute atomic E-state index is 12.6. The highest BCUT2D eigenvalue weighted by atomic mass is 32.2. The van der Waals surface area contributed by atoms with Gasteiger partial charge in [-0.1, -0.05) is 36.4 Å². The molecule has 0 aliphatic rings. The van der Waals surface area contributed by atoms with E-state index < -0.39 is 0 Å². The van der Waals surface area contributed by atoms with Gasteiger partial charge in [-0.3, -0.25) is 9.59 Å². The molecule has 0 saturated carbocycles. The number of rotatable bonds is 8. The molecule has 2 amide bonds. The van der Waals surface area contributed by atoms with Gasteiger partial charge in [0.25, 0.3) is 5.91 Å². The highest BCUT2D eigenvalue weighted by molar-refractivity contribution is 7.99. The summed E-state index contributed by atoms with van der Waals surface area (Å²) in [6, 6.07) is 9.86. The summed E-state index contributed by atoms with van der Waals surface area (Å²) >= 11 is 1.48. The van der Waals surface area contributed by atoms with Crippen molar-refractivity contribution in [3.05, 3.63) is 53.2 Å². The van der Waals surface area contributed by atoms with Crippen LogP contribution in [0.4, 0.5) is 0 Å². The van der Waals surface area contributed by atoms with Crippen molar-refractivity contribution in [1.29, 1.82) is 0 Å². The van der Waals surface area contributed by atoms with E-state index in [0.717, 1.165) is 16.9 Å². The lowest BCUT2D eigenvalue weighted by Crippen LogP contribution is -2.35. The summed E-state index contributed by atoms with van der Waals surface area (Å²) in [5.41, 5.74) is 2.87. The Morgan fingerprint density at radius 3 is 2.70 bits per heavy atom. The standard InChI is InChI=1S/C21H27N3O2S/c1-5-16(4)24-19(25)10-12-22-20(26)17-7-6-11-23-21(17)27-18-9-8-14(2)13-15(18)3/h6-9,11,13,16H,5,10,12H2,1-4H3,(H,22,26)(H,24,25). The van der Waals surface area contributed by atoms with Gasteiger partial charge in [0.2, 0.25) is 5.91 Å². The molecule has 1 aromatic heterocycles. The van der Waals surface area contributed by atoms with E-state index in [4.69, 9.17) is 0 Å². The lowest BCUT2D eigenvalue weighted by molar-refractivity contribution is -0.121. The zero-order valence-corrected chi connectivity index (χ0v) is 17.2. The van der Waals surface area contributed by atoms with Crippen LogP contribution in [-0.4, -0.2) is 29.4 Å². The molecular formula is C21H27N3O2S. The summed E-state index contributed by atoms with van der Waals surface area (Å²) in [5.74, 6) is -0.271. The van der Waals surface area contributed by atoms with Gasteiger partial charge in [0, 0.05) is 30.1 Å². The van der Waals surface area contributed by atoms with E-state index in [1.807, 2.05) is 32.9 Å². The van der Waals surface area contributed by atoms with Gasteiger partial charge >= 0.3 is 0 Å². The number of hydrogen-bond donors (Lipinski definition) is 2. The Morgan fingerprint density at radius 2 is 2.00 bits per heavy atom. The molecule has 1 atom stereocenters. The molecule has 0 aliphatic heterocycles. The maximum Gasteiger partial charge on any atom is 0.254 e. The summed E-state index contributed by atoms with van der Waals surface area (Å²) in [6.07, 6.45) is 2.82. The predicted molar refractivity (Wildman–Crippen MR) is 109 cm³/mol. The van der Waals surface area contributed by atoms with E-state index in [0.29, 0.717) is 17.1 Å². The first-order valence-electron chi connectivity index (χ1n) is 9.18. The van der Waals surface area contributed by atoms with Crippen LogP contribution in [0, 0.1) is 13.8 Å². The van der Waals surface area contributed by atoms with Gasteiger partial charge in [0.05, 0.1) is 5.56 Å². The zero-order valence-electron chi connectivity index (χ0n) is 16.3. The number of pyridine rings is 1. The highest BCUT2D eigenvalue weighted by Gasteiger charge is 2.15. The lowest BCUT2D eigenvalue weighted by Gasteiger charge is -2.12. The molecule has 2 rings (SSSR count). The number of amides is 2. The minimum Gasteiger partial charge on any atom is -0.354 e. The molecule has 0 bridgehead atoms. The average molecular weight is 386 g/mol. The number of benzene rings is 1. The second-order valence-electron chi connectivity index (χ2n) is 6.61. The van der Waals surface area contributed by atoms with Crippen molar-refractivity contribution in [2.24, 2.45) is 0 Å². The fraction of sp³-hybridized carbons (Fsp3) is 0.381. The Bertz CT molecular complexity index is 808. The minimum atomic E-state index is -0.216. The summed E-state index contributed by atoms with van der Waals surface area (Å²) < 4.78 is 0. The molecule has 0 saturated heterocycles. The van der Waals surface area contributed by atoms with E-state index in [9.17, 15) is 9.59 Å². The first-order chi connectivity index (χ1) is 12.9. The topological polar surface area (TPSA) is 71.1 Å². The van der Waals surface area contributed by atoms with Gasteiger partial charge < -0.3 is 10.6 Å². The molecular weight excluding hydrogens is 358 g/mol. The fourth-order valence-electron chi connectivity index (χ4n) is 2.50. The van der Waals surface area contributed by atoms with E-state index in [-0.39, 0.29) is 24.3 Å². The van der Waals surface area contributed by atoms with Crippen molar-refractivity contribution < 1.29 is 9.59 Å². The SMILES string of the molecule is CCC(C)NC(=O)CCNC(=O)c1cccnc1Sc1ccc(C)cc1C. The van der Waals surface area contributed by atoms with E-state index in [1.165, 1.54) is 17.3 Å². The fourth-order valence-corrected chi connectivity index (χ4v) is 3.45. The van der Waals surface area contributed by atoms with Crippen LogP contribution in [0.15, 0.2) is 46.5 Å². The minimum absolute atomic E-state index is 0.0549. The number of aromatic nitrogens is 1. The molecule has 2 N–H and O–H groups in total. The molecule has 1 unspecified atom stereocenters. The largest absolute Gasteiger partial charge is 0.354 e. The third kappa shape index (κ3) is 6.40. The zero-order chi connectivity index (χ0) is 19.8. The van der Waals surface area contributed by atoms with E-state index >= 15 is 0 Å². The Hall–Kier alpha value is -2.34. The second kappa shape index (κ2) is 10.1. The van der Waals surface area contributed by atoms with Crippen LogP contribution in [0.5, 0.6) is 0 Å². The van der Waals surface area contributed by atoms with Crippen molar-refractivity contribution >= 4 is 23.6 Å². The predicted octanol–water partition coefficient (Wildman–Crippen LogP) is 3.88. The molecule has 2 aromatic rings.